The van der Waals surface area contributed by atoms with Crippen LogP contribution in [0.3, 0.4) is 0 Å². The summed E-state index contributed by atoms with van der Waals surface area (Å²) in [5.74, 6) is -0.435. The predicted octanol–water partition coefficient (Wildman–Crippen LogP) is 2.58. The molecule has 4 rings (SSSR count). The Labute approximate surface area is 173 Å². The molecule has 9 heteroatoms. The van der Waals surface area contributed by atoms with Crippen LogP contribution in [0.1, 0.15) is 11.3 Å². The molecule has 158 valence electrons. The van der Waals surface area contributed by atoms with Gasteiger partial charge < -0.3 is 19.7 Å². The molecule has 0 saturated carbocycles. The first kappa shape index (κ1) is 20.1. The standard InChI is InChI=1S/C21H24FN5O3/c1-13-10-14(2)23-20-19(13)21(25-26(20)3)30-12-18(28)24-15-4-5-17(16(22)11-15)27-6-8-29-9-7-27/h4-5,10-11H,6-9,12H2,1-3H3,(H,24,28). The molecule has 0 atom stereocenters. The summed E-state index contributed by atoms with van der Waals surface area (Å²) < 4.78 is 27.1. The van der Waals surface area contributed by atoms with Gasteiger partial charge in [-0.15, -0.1) is 5.10 Å². The van der Waals surface area contributed by atoms with E-state index < -0.39 is 5.91 Å². The normalized spacial score (nSPS) is 14.2. The molecule has 1 saturated heterocycles. The number of halogens is 1. The Bertz CT molecular complexity index is 1090. The summed E-state index contributed by atoms with van der Waals surface area (Å²) in [4.78, 5) is 18.7. The van der Waals surface area contributed by atoms with Gasteiger partial charge in [0.1, 0.15) is 5.82 Å². The van der Waals surface area contributed by atoms with Crippen molar-refractivity contribution in [3.63, 3.8) is 0 Å². The molecule has 0 spiro atoms. The van der Waals surface area contributed by atoms with Gasteiger partial charge in [0.05, 0.1) is 24.3 Å². The van der Waals surface area contributed by atoms with Gasteiger partial charge in [-0.05, 0) is 43.7 Å². The number of morpholine rings is 1. The molecule has 3 aromatic rings. The fourth-order valence-corrected chi connectivity index (χ4v) is 3.63. The number of fused-ring (bicyclic) bond motifs is 1. The van der Waals surface area contributed by atoms with Crippen LogP contribution in [0, 0.1) is 19.7 Å². The number of carbonyl (C=O) groups is 1. The summed E-state index contributed by atoms with van der Waals surface area (Å²) >= 11 is 0. The zero-order chi connectivity index (χ0) is 21.3. The van der Waals surface area contributed by atoms with E-state index in [2.05, 4.69) is 15.4 Å². The highest BCUT2D eigenvalue weighted by molar-refractivity contribution is 5.92. The van der Waals surface area contributed by atoms with E-state index in [1.54, 1.807) is 23.9 Å². The second-order valence-electron chi connectivity index (χ2n) is 7.31. The zero-order valence-electron chi connectivity index (χ0n) is 17.2. The Hall–Kier alpha value is -3.20. The van der Waals surface area contributed by atoms with Crippen LogP contribution < -0.4 is 15.0 Å². The van der Waals surface area contributed by atoms with Crippen LogP contribution >= 0.6 is 0 Å². The number of aryl methyl sites for hydroxylation is 3. The average molecular weight is 413 g/mol. The molecular formula is C21H24FN5O3. The van der Waals surface area contributed by atoms with Crippen LogP contribution in [0.25, 0.3) is 11.0 Å². The second-order valence-corrected chi connectivity index (χ2v) is 7.31. The molecule has 1 aliphatic heterocycles. The van der Waals surface area contributed by atoms with Crippen LogP contribution in [0.2, 0.25) is 0 Å². The van der Waals surface area contributed by atoms with Crippen molar-refractivity contribution in [1.29, 1.82) is 0 Å². The van der Waals surface area contributed by atoms with E-state index in [4.69, 9.17) is 9.47 Å². The maximum atomic E-state index is 14.5. The summed E-state index contributed by atoms with van der Waals surface area (Å²) in [7, 11) is 1.78. The zero-order valence-corrected chi connectivity index (χ0v) is 17.2. The van der Waals surface area contributed by atoms with E-state index >= 15 is 0 Å². The fourth-order valence-electron chi connectivity index (χ4n) is 3.63. The quantitative estimate of drug-likeness (QED) is 0.693. The number of amides is 1. The number of hydrogen-bond donors (Lipinski definition) is 1. The van der Waals surface area contributed by atoms with Crippen molar-refractivity contribution in [2.24, 2.45) is 7.05 Å². The summed E-state index contributed by atoms with van der Waals surface area (Å²) in [6.07, 6.45) is 0. The molecule has 0 radical (unpaired) electrons. The molecule has 1 aliphatic rings. The number of anilines is 2. The van der Waals surface area contributed by atoms with Crippen molar-refractivity contribution < 1.29 is 18.7 Å². The van der Waals surface area contributed by atoms with Gasteiger partial charge in [0.15, 0.2) is 12.3 Å². The number of hydrogen-bond acceptors (Lipinski definition) is 6. The van der Waals surface area contributed by atoms with E-state index in [0.29, 0.717) is 49.2 Å². The molecule has 0 aliphatic carbocycles. The predicted molar refractivity (Wildman–Crippen MR) is 112 cm³/mol. The number of nitrogens with zero attached hydrogens (tertiary/aromatic N) is 4. The molecular weight excluding hydrogens is 389 g/mol. The van der Waals surface area contributed by atoms with Crippen molar-refractivity contribution in [2.45, 2.75) is 13.8 Å². The smallest absolute Gasteiger partial charge is 0.262 e. The van der Waals surface area contributed by atoms with E-state index in [-0.39, 0.29) is 12.4 Å². The molecule has 1 aromatic carbocycles. The largest absolute Gasteiger partial charge is 0.466 e. The fraction of sp³-hybridized carbons (Fsp3) is 0.381. The SMILES string of the molecule is Cc1cc(C)c2c(OCC(=O)Nc3ccc(N4CCOCC4)c(F)c3)nn(C)c2n1. The highest BCUT2D eigenvalue weighted by Gasteiger charge is 2.17. The Kier molecular flexibility index (Phi) is 5.54. The van der Waals surface area contributed by atoms with E-state index in [9.17, 15) is 9.18 Å². The van der Waals surface area contributed by atoms with Gasteiger partial charge in [0, 0.05) is 31.5 Å². The minimum atomic E-state index is -0.398. The number of ether oxygens (including phenoxy) is 2. The van der Waals surface area contributed by atoms with Crippen molar-refractivity contribution in [2.75, 3.05) is 43.1 Å². The Morgan fingerprint density at radius 3 is 2.77 bits per heavy atom. The number of carbonyl (C=O) groups excluding carboxylic acids is 1. The molecule has 1 amide bonds. The third kappa shape index (κ3) is 4.06. The summed E-state index contributed by atoms with van der Waals surface area (Å²) in [5, 5.41) is 7.76. The Balaban J connectivity index is 1.42. The van der Waals surface area contributed by atoms with Crippen LogP contribution in [0.15, 0.2) is 24.3 Å². The summed E-state index contributed by atoms with van der Waals surface area (Å²) in [6, 6.07) is 6.60. The van der Waals surface area contributed by atoms with Gasteiger partial charge >= 0.3 is 0 Å². The van der Waals surface area contributed by atoms with Crippen LogP contribution in [-0.2, 0) is 16.6 Å². The topological polar surface area (TPSA) is 81.5 Å². The highest BCUT2D eigenvalue weighted by atomic mass is 19.1. The van der Waals surface area contributed by atoms with Gasteiger partial charge in [0.25, 0.3) is 5.91 Å². The molecule has 1 fully saturated rings. The molecule has 2 aromatic heterocycles. The van der Waals surface area contributed by atoms with Gasteiger partial charge in [-0.1, -0.05) is 0 Å². The van der Waals surface area contributed by atoms with Crippen LogP contribution in [0.4, 0.5) is 15.8 Å². The Morgan fingerprint density at radius 1 is 1.27 bits per heavy atom. The maximum absolute atomic E-state index is 14.5. The van der Waals surface area contributed by atoms with E-state index in [1.165, 1.54) is 6.07 Å². The molecule has 8 nitrogen and oxygen atoms in total. The number of benzene rings is 1. The Morgan fingerprint density at radius 2 is 2.03 bits per heavy atom. The van der Waals surface area contributed by atoms with Crippen molar-refractivity contribution >= 4 is 28.3 Å². The lowest BCUT2D eigenvalue weighted by molar-refractivity contribution is -0.118. The van der Waals surface area contributed by atoms with Gasteiger partial charge in [-0.25, -0.2) is 14.1 Å². The third-order valence-corrected chi connectivity index (χ3v) is 5.01. The lowest BCUT2D eigenvalue weighted by Gasteiger charge is -2.29. The average Bonchev–Trinajstić information content (AvgIpc) is 3.03. The minimum absolute atomic E-state index is 0.244. The van der Waals surface area contributed by atoms with Crippen molar-refractivity contribution in [3.8, 4) is 5.88 Å². The number of nitrogens with one attached hydrogen (secondary N) is 1. The minimum Gasteiger partial charge on any atom is -0.466 e. The number of aromatic nitrogens is 3. The van der Waals surface area contributed by atoms with Crippen molar-refractivity contribution in [1.82, 2.24) is 14.8 Å². The molecule has 0 unspecified atom stereocenters. The first-order chi connectivity index (χ1) is 14.4. The second kappa shape index (κ2) is 8.27. The third-order valence-electron chi connectivity index (χ3n) is 5.01. The van der Waals surface area contributed by atoms with Crippen LogP contribution in [0.5, 0.6) is 5.88 Å². The van der Waals surface area contributed by atoms with E-state index in [1.807, 2.05) is 24.8 Å². The highest BCUT2D eigenvalue weighted by Crippen LogP contribution is 2.27. The van der Waals surface area contributed by atoms with Gasteiger partial charge in [-0.2, -0.15) is 0 Å². The molecule has 1 N–H and O–H groups in total. The lowest BCUT2D eigenvalue weighted by Crippen LogP contribution is -2.36. The summed E-state index contributed by atoms with van der Waals surface area (Å²) in [6.45, 7) is 6.05. The van der Waals surface area contributed by atoms with Crippen LogP contribution in [-0.4, -0.2) is 53.6 Å². The number of rotatable bonds is 5. The maximum Gasteiger partial charge on any atom is 0.262 e. The molecule has 0 bridgehead atoms. The molecule has 3 heterocycles. The first-order valence-electron chi connectivity index (χ1n) is 9.78. The van der Waals surface area contributed by atoms with Gasteiger partial charge in [0.2, 0.25) is 5.88 Å². The first-order valence-corrected chi connectivity index (χ1v) is 9.78. The monoisotopic (exact) mass is 413 g/mol. The van der Waals surface area contributed by atoms with Crippen molar-refractivity contribution in [3.05, 3.63) is 41.3 Å². The summed E-state index contributed by atoms with van der Waals surface area (Å²) in [5.41, 5.74) is 3.43. The lowest BCUT2D eigenvalue weighted by atomic mass is 10.2. The molecule has 30 heavy (non-hydrogen) atoms. The number of pyridine rings is 1. The van der Waals surface area contributed by atoms with E-state index in [0.717, 1.165) is 16.6 Å². The van der Waals surface area contributed by atoms with Gasteiger partial charge in [-0.3, -0.25) is 4.79 Å².